The van der Waals surface area contributed by atoms with Crippen LogP contribution < -0.4 is 9.80 Å². The quantitative estimate of drug-likeness (QED) is 0.168. The van der Waals surface area contributed by atoms with E-state index < -0.39 is 0 Å². The van der Waals surface area contributed by atoms with E-state index in [1.807, 2.05) is 0 Å². The molecular formula is C56H44N2O2. The number of para-hydroxylation sites is 4. The van der Waals surface area contributed by atoms with Gasteiger partial charge in [-0.25, -0.2) is 0 Å². The number of hydrogen-bond acceptors (Lipinski definition) is 4. The van der Waals surface area contributed by atoms with Gasteiger partial charge in [0, 0.05) is 55.7 Å². The van der Waals surface area contributed by atoms with Crippen LogP contribution in [0.2, 0.25) is 0 Å². The summed E-state index contributed by atoms with van der Waals surface area (Å²) in [6.45, 7) is 13.0. The van der Waals surface area contributed by atoms with Crippen LogP contribution in [0.25, 0.3) is 65.4 Å². The predicted molar refractivity (Wildman–Crippen MR) is 254 cm³/mol. The van der Waals surface area contributed by atoms with E-state index in [0.29, 0.717) is 0 Å². The van der Waals surface area contributed by atoms with Crippen molar-refractivity contribution in [3.05, 3.63) is 191 Å². The van der Waals surface area contributed by atoms with Gasteiger partial charge in [0.25, 0.3) is 0 Å². The molecule has 2 heterocycles. The summed E-state index contributed by atoms with van der Waals surface area (Å²) in [4.78, 5) is 4.75. The molecule has 0 atom stereocenters. The van der Waals surface area contributed by atoms with Gasteiger partial charge in [0.05, 0.1) is 0 Å². The monoisotopic (exact) mass is 776 g/mol. The van der Waals surface area contributed by atoms with Crippen molar-refractivity contribution in [2.45, 2.75) is 41.5 Å². The summed E-state index contributed by atoms with van der Waals surface area (Å²) in [5.74, 6) is 0. The van der Waals surface area contributed by atoms with Gasteiger partial charge >= 0.3 is 0 Å². The number of anilines is 6. The van der Waals surface area contributed by atoms with E-state index in [1.165, 1.54) is 22.3 Å². The van der Waals surface area contributed by atoms with Crippen LogP contribution in [0.1, 0.15) is 33.4 Å². The Kier molecular flexibility index (Phi) is 8.15. The van der Waals surface area contributed by atoms with Crippen LogP contribution in [0.3, 0.4) is 0 Å². The van der Waals surface area contributed by atoms with Crippen LogP contribution in [0.4, 0.5) is 34.1 Å². The highest BCUT2D eigenvalue weighted by Crippen LogP contribution is 2.47. The van der Waals surface area contributed by atoms with Crippen LogP contribution in [0.5, 0.6) is 0 Å². The van der Waals surface area contributed by atoms with Gasteiger partial charge in [-0.05, 0) is 169 Å². The number of rotatable bonds is 6. The lowest BCUT2D eigenvalue weighted by molar-refractivity contribution is 0.657. The van der Waals surface area contributed by atoms with Gasteiger partial charge in [0.1, 0.15) is 22.3 Å². The van der Waals surface area contributed by atoms with E-state index in [-0.39, 0.29) is 0 Å². The van der Waals surface area contributed by atoms with Gasteiger partial charge in [-0.1, -0.05) is 84.9 Å². The Balaban J connectivity index is 1.09. The molecule has 4 nitrogen and oxygen atoms in total. The zero-order chi connectivity index (χ0) is 40.8. The van der Waals surface area contributed by atoms with E-state index in [0.717, 1.165) is 111 Å². The highest BCUT2D eigenvalue weighted by Gasteiger charge is 2.24. The molecular weight excluding hydrogens is 733 g/mol. The predicted octanol–water partition coefficient (Wildman–Crippen LogP) is 16.6. The summed E-state index contributed by atoms with van der Waals surface area (Å²) < 4.78 is 13.8. The SMILES string of the molecule is Cc1ccccc1N(c1ccc2cc3c(cc2c1)oc1c(C)c(C)c2oc4cc5cc(N(c6ccccc6C)c6ccccc6C)ccc5cc4c2c13)c1ccccc1C. The lowest BCUT2D eigenvalue weighted by atomic mass is 9.96. The van der Waals surface area contributed by atoms with E-state index in [1.54, 1.807) is 0 Å². The molecule has 0 fully saturated rings. The summed E-state index contributed by atoms with van der Waals surface area (Å²) in [6.07, 6.45) is 0. The minimum Gasteiger partial charge on any atom is -0.456 e. The van der Waals surface area contributed by atoms with Crippen molar-refractivity contribution in [2.75, 3.05) is 9.80 Å². The average molecular weight is 777 g/mol. The third-order valence-corrected chi connectivity index (χ3v) is 12.7. The van der Waals surface area contributed by atoms with E-state index >= 15 is 0 Å². The van der Waals surface area contributed by atoms with Crippen LogP contribution in [0, 0.1) is 41.5 Å². The molecule has 9 aromatic carbocycles. The first-order valence-electron chi connectivity index (χ1n) is 20.8. The fourth-order valence-corrected chi connectivity index (χ4v) is 9.37. The molecule has 11 rings (SSSR count). The second-order valence-electron chi connectivity index (χ2n) is 16.4. The Morgan fingerprint density at radius 2 is 0.667 bits per heavy atom. The number of benzene rings is 9. The molecule has 4 heteroatoms. The zero-order valence-electron chi connectivity index (χ0n) is 34.7. The largest absolute Gasteiger partial charge is 0.456 e. The van der Waals surface area contributed by atoms with Gasteiger partial charge in [0.15, 0.2) is 0 Å². The second kappa shape index (κ2) is 13.6. The molecule has 0 radical (unpaired) electrons. The molecule has 0 unspecified atom stereocenters. The topological polar surface area (TPSA) is 32.8 Å². The first kappa shape index (κ1) is 35.8. The Hall–Kier alpha value is -7.30. The van der Waals surface area contributed by atoms with Crippen LogP contribution >= 0.6 is 0 Å². The van der Waals surface area contributed by atoms with Gasteiger partial charge in [-0.3, -0.25) is 0 Å². The number of hydrogen-bond donors (Lipinski definition) is 0. The molecule has 2 aromatic heterocycles. The summed E-state index contributed by atoms with van der Waals surface area (Å²) >= 11 is 0. The highest BCUT2D eigenvalue weighted by atomic mass is 16.3. The Morgan fingerprint density at radius 1 is 0.333 bits per heavy atom. The number of nitrogens with zero attached hydrogens (tertiary/aromatic N) is 2. The Bertz CT molecular complexity index is 3210. The van der Waals surface area contributed by atoms with Crippen molar-refractivity contribution in [1.29, 1.82) is 0 Å². The summed E-state index contributed by atoms with van der Waals surface area (Å²) in [7, 11) is 0. The van der Waals surface area contributed by atoms with Gasteiger partial charge < -0.3 is 18.6 Å². The summed E-state index contributed by atoms with van der Waals surface area (Å²) in [5, 5.41) is 8.98. The minimum absolute atomic E-state index is 0.871. The third kappa shape index (κ3) is 5.51. The number of aryl methyl sites for hydroxylation is 6. The summed E-state index contributed by atoms with van der Waals surface area (Å²) in [5.41, 5.74) is 17.5. The molecule has 0 saturated carbocycles. The van der Waals surface area contributed by atoms with Crippen LogP contribution in [0.15, 0.2) is 167 Å². The van der Waals surface area contributed by atoms with E-state index in [4.69, 9.17) is 8.83 Å². The lowest BCUT2D eigenvalue weighted by Gasteiger charge is -2.28. The van der Waals surface area contributed by atoms with Crippen molar-refractivity contribution >= 4 is 99.5 Å². The van der Waals surface area contributed by atoms with Gasteiger partial charge in [-0.15, -0.1) is 0 Å². The van der Waals surface area contributed by atoms with Crippen molar-refractivity contribution in [1.82, 2.24) is 0 Å². The molecule has 0 aliphatic rings. The zero-order valence-corrected chi connectivity index (χ0v) is 34.7. The normalized spacial score (nSPS) is 11.8. The third-order valence-electron chi connectivity index (χ3n) is 12.7. The van der Waals surface area contributed by atoms with Gasteiger partial charge in [0.2, 0.25) is 0 Å². The van der Waals surface area contributed by atoms with Crippen molar-refractivity contribution in [3.63, 3.8) is 0 Å². The first-order chi connectivity index (χ1) is 29.2. The highest BCUT2D eigenvalue weighted by molar-refractivity contribution is 6.29. The van der Waals surface area contributed by atoms with Crippen molar-refractivity contribution in [3.8, 4) is 0 Å². The van der Waals surface area contributed by atoms with Crippen LogP contribution in [-0.4, -0.2) is 0 Å². The molecule has 0 aliphatic heterocycles. The summed E-state index contributed by atoms with van der Waals surface area (Å²) in [6, 6.07) is 57.0. The second-order valence-corrected chi connectivity index (χ2v) is 16.4. The number of furan rings is 2. The lowest BCUT2D eigenvalue weighted by Crippen LogP contribution is -2.12. The van der Waals surface area contributed by atoms with Crippen molar-refractivity contribution in [2.24, 2.45) is 0 Å². The molecule has 0 N–H and O–H groups in total. The molecule has 0 bridgehead atoms. The number of fused-ring (bicyclic) bond motifs is 9. The Labute approximate surface area is 349 Å². The Morgan fingerprint density at radius 3 is 1.00 bits per heavy atom. The molecule has 11 aromatic rings. The average Bonchev–Trinajstić information content (AvgIpc) is 3.81. The standard InChI is InChI=1S/C56H44N2O2/c1-33-15-7-11-19-47(33)57(48-20-12-8-16-34(48)2)43-25-23-39-29-45-51(31-41(39)27-43)59-55-37(5)38(6)56-54(53(45)55)46-30-40-24-26-44(28-42(40)32-52(46)60-56)58(49-21-13-9-17-35(49)3)50-22-14-10-18-36(50)4/h7-32H,1-6H3. The fraction of sp³-hybridized carbons (Fsp3) is 0.107. The molecule has 0 aliphatic carbocycles. The smallest absolute Gasteiger partial charge is 0.139 e. The van der Waals surface area contributed by atoms with Crippen molar-refractivity contribution < 1.29 is 8.83 Å². The maximum atomic E-state index is 6.88. The molecule has 0 amide bonds. The maximum Gasteiger partial charge on any atom is 0.139 e. The molecule has 290 valence electrons. The fourth-order valence-electron chi connectivity index (χ4n) is 9.37. The molecule has 0 saturated heterocycles. The van der Waals surface area contributed by atoms with Gasteiger partial charge in [-0.2, -0.15) is 0 Å². The first-order valence-corrected chi connectivity index (χ1v) is 20.8. The molecule has 60 heavy (non-hydrogen) atoms. The minimum atomic E-state index is 0.871. The van der Waals surface area contributed by atoms with E-state index in [2.05, 4.69) is 209 Å². The molecule has 0 spiro atoms. The van der Waals surface area contributed by atoms with E-state index in [9.17, 15) is 0 Å². The maximum absolute atomic E-state index is 6.88. The van der Waals surface area contributed by atoms with Crippen LogP contribution in [-0.2, 0) is 0 Å².